The van der Waals surface area contributed by atoms with Crippen LogP contribution in [0.1, 0.15) is 33.1 Å². The van der Waals surface area contributed by atoms with Crippen LogP contribution >= 0.6 is 23.2 Å². The highest BCUT2D eigenvalue weighted by molar-refractivity contribution is 6.53. The van der Waals surface area contributed by atoms with E-state index in [0.717, 1.165) is 6.42 Å². The highest BCUT2D eigenvalue weighted by Crippen LogP contribution is 2.64. The SMILES string of the molecule is CCCCn1c(N)c(N(CCOC)C(=O)C2(C)CC2(Cl)Cl)c(=O)[nH]c1=O. The lowest BCUT2D eigenvalue weighted by atomic mass is 10.1. The van der Waals surface area contributed by atoms with Gasteiger partial charge in [0.1, 0.15) is 10.2 Å². The summed E-state index contributed by atoms with van der Waals surface area (Å²) in [6.45, 7) is 4.19. The van der Waals surface area contributed by atoms with Gasteiger partial charge in [-0.2, -0.15) is 0 Å². The first kappa shape index (κ1) is 20.8. The average Bonchev–Trinajstić information content (AvgIpc) is 3.09. The molecular weight excluding hydrogens is 383 g/mol. The summed E-state index contributed by atoms with van der Waals surface area (Å²) in [6, 6.07) is 0. The molecule has 1 unspecified atom stereocenters. The lowest BCUT2D eigenvalue weighted by molar-refractivity contribution is -0.123. The van der Waals surface area contributed by atoms with Crippen molar-refractivity contribution < 1.29 is 9.53 Å². The van der Waals surface area contributed by atoms with Crippen molar-refractivity contribution >= 4 is 40.6 Å². The number of carbonyl (C=O) groups excluding carboxylic acids is 1. The minimum Gasteiger partial charge on any atom is -0.383 e. The molecule has 1 aromatic rings. The van der Waals surface area contributed by atoms with Gasteiger partial charge in [-0.1, -0.05) is 13.3 Å². The van der Waals surface area contributed by atoms with Crippen molar-refractivity contribution in [1.29, 1.82) is 0 Å². The van der Waals surface area contributed by atoms with Crippen LogP contribution in [0.2, 0.25) is 0 Å². The van der Waals surface area contributed by atoms with Gasteiger partial charge in [-0.05, 0) is 19.8 Å². The first-order chi connectivity index (χ1) is 12.1. The molecule has 10 heteroatoms. The van der Waals surface area contributed by atoms with Gasteiger partial charge in [-0.25, -0.2) is 4.79 Å². The van der Waals surface area contributed by atoms with Gasteiger partial charge in [0.25, 0.3) is 5.56 Å². The van der Waals surface area contributed by atoms with E-state index in [9.17, 15) is 14.4 Å². The first-order valence-electron chi connectivity index (χ1n) is 8.42. The lowest BCUT2D eigenvalue weighted by Gasteiger charge is -2.27. The predicted octanol–water partition coefficient (Wildman–Crippen LogP) is 1.48. The minimum atomic E-state index is -1.20. The highest BCUT2D eigenvalue weighted by Gasteiger charge is 2.69. The Morgan fingerprint density at radius 3 is 2.54 bits per heavy atom. The molecule has 1 aliphatic rings. The maximum absolute atomic E-state index is 13.1. The fourth-order valence-corrected chi connectivity index (χ4v) is 3.50. The number of nitrogens with one attached hydrogen (secondary N) is 1. The van der Waals surface area contributed by atoms with Crippen molar-refractivity contribution in [2.75, 3.05) is 30.9 Å². The van der Waals surface area contributed by atoms with E-state index >= 15 is 0 Å². The number of aromatic nitrogens is 2. The van der Waals surface area contributed by atoms with Crippen molar-refractivity contribution in [2.45, 2.75) is 44.0 Å². The summed E-state index contributed by atoms with van der Waals surface area (Å²) in [5.74, 6) is -0.493. The molecule has 1 atom stereocenters. The maximum atomic E-state index is 13.1. The number of unbranched alkanes of at least 4 members (excludes halogenated alkanes) is 1. The highest BCUT2D eigenvalue weighted by atomic mass is 35.5. The van der Waals surface area contributed by atoms with E-state index in [4.69, 9.17) is 33.7 Å². The summed E-state index contributed by atoms with van der Waals surface area (Å²) >= 11 is 12.3. The van der Waals surface area contributed by atoms with Crippen LogP contribution in [0.25, 0.3) is 0 Å². The maximum Gasteiger partial charge on any atom is 0.330 e. The molecule has 1 fully saturated rings. The van der Waals surface area contributed by atoms with Crippen LogP contribution in [0, 0.1) is 5.41 Å². The molecule has 3 N–H and O–H groups in total. The minimum absolute atomic E-state index is 0.0596. The van der Waals surface area contributed by atoms with Gasteiger partial charge in [0.05, 0.1) is 12.0 Å². The van der Waals surface area contributed by atoms with E-state index in [-0.39, 0.29) is 31.1 Å². The Morgan fingerprint density at radius 2 is 2.04 bits per heavy atom. The van der Waals surface area contributed by atoms with Crippen LogP contribution in [0.4, 0.5) is 11.5 Å². The summed E-state index contributed by atoms with van der Waals surface area (Å²) in [5, 5.41) is 0. The molecule has 0 spiro atoms. The molecule has 1 heterocycles. The second-order valence-corrected chi connectivity index (χ2v) is 8.15. The van der Waals surface area contributed by atoms with Gasteiger partial charge in [-0.3, -0.25) is 19.1 Å². The number of methoxy groups -OCH3 is 1. The smallest absolute Gasteiger partial charge is 0.330 e. The summed E-state index contributed by atoms with van der Waals surface area (Å²) in [5.41, 5.74) is 3.65. The molecule has 8 nitrogen and oxygen atoms in total. The Balaban J connectivity index is 2.53. The monoisotopic (exact) mass is 406 g/mol. The van der Waals surface area contributed by atoms with Crippen molar-refractivity contribution in [3.8, 4) is 0 Å². The van der Waals surface area contributed by atoms with Gasteiger partial charge in [0.2, 0.25) is 5.91 Å². The van der Waals surface area contributed by atoms with E-state index < -0.39 is 26.9 Å². The van der Waals surface area contributed by atoms with E-state index in [1.807, 2.05) is 6.92 Å². The number of H-pyrrole nitrogens is 1. The van der Waals surface area contributed by atoms with Gasteiger partial charge >= 0.3 is 5.69 Å². The van der Waals surface area contributed by atoms with Crippen LogP contribution in [0.3, 0.4) is 0 Å². The summed E-state index contributed by atoms with van der Waals surface area (Å²) in [4.78, 5) is 41.1. The molecular formula is C16H24Cl2N4O4. The Labute approximate surface area is 161 Å². The zero-order valence-electron chi connectivity index (χ0n) is 15.1. The average molecular weight is 407 g/mol. The van der Waals surface area contributed by atoms with Crippen LogP contribution in [0.15, 0.2) is 9.59 Å². The molecule has 1 aromatic heterocycles. The topological polar surface area (TPSA) is 110 Å². The normalized spacial score (nSPS) is 20.8. The van der Waals surface area contributed by atoms with E-state index in [0.29, 0.717) is 13.0 Å². The number of carbonyl (C=O) groups is 1. The number of rotatable bonds is 8. The largest absolute Gasteiger partial charge is 0.383 e. The number of nitrogen functional groups attached to an aromatic ring is 1. The lowest BCUT2D eigenvalue weighted by Crippen LogP contribution is -2.46. The number of anilines is 2. The quantitative estimate of drug-likeness (QED) is 0.635. The van der Waals surface area contributed by atoms with Crippen molar-refractivity contribution in [3.63, 3.8) is 0 Å². The fraction of sp³-hybridized carbons (Fsp3) is 0.688. The summed E-state index contributed by atoms with van der Waals surface area (Å²) < 4.78 is 5.11. The number of ether oxygens (including phenoxy) is 1. The zero-order valence-corrected chi connectivity index (χ0v) is 16.6. The fourth-order valence-electron chi connectivity index (χ4n) is 2.80. The van der Waals surface area contributed by atoms with Crippen LogP contribution in [-0.4, -0.2) is 40.1 Å². The molecule has 146 valence electrons. The molecule has 26 heavy (non-hydrogen) atoms. The van der Waals surface area contributed by atoms with Gasteiger partial charge in [-0.15, -0.1) is 23.2 Å². The number of hydrogen-bond donors (Lipinski definition) is 2. The molecule has 0 bridgehead atoms. The third-order valence-electron chi connectivity index (χ3n) is 4.71. The number of amides is 1. The van der Waals surface area contributed by atoms with Crippen molar-refractivity contribution in [2.24, 2.45) is 5.41 Å². The van der Waals surface area contributed by atoms with Crippen LogP contribution in [0.5, 0.6) is 0 Å². The van der Waals surface area contributed by atoms with Crippen LogP contribution in [-0.2, 0) is 16.1 Å². The van der Waals surface area contributed by atoms with E-state index in [1.54, 1.807) is 6.92 Å². The van der Waals surface area contributed by atoms with Gasteiger partial charge < -0.3 is 15.4 Å². The Morgan fingerprint density at radius 1 is 1.42 bits per heavy atom. The molecule has 0 aromatic carbocycles. The standard InChI is InChI=1S/C16H24Cl2N4O4/c1-4-5-6-22-11(19)10(12(23)20-14(22)25)21(7-8-26-3)13(24)15(2)9-16(15,17)18/h4-9,19H2,1-3H3,(H,20,23,25). The number of aromatic amines is 1. The Hall–Kier alpha value is -1.51. The molecule has 1 saturated carbocycles. The van der Waals surface area contributed by atoms with Crippen LogP contribution < -0.4 is 21.9 Å². The number of nitrogens with two attached hydrogens (primary N) is 1. The first-order valence-corrected chi connectivity index (χ1v) is 9.17. The van der Waals surface area contributed by atoms with Gasteiger partial charge in [0, 0.05) is 20.2 Å². The van der Waals surface area contributed by atoms with E-state index in [2.05, 4.69) is 4.98 Å². The van der Waals surface area contributed by atoms with E-state index in [1.165, 1.54) is 16.6 Å². The Bertz CT molecular complexity index is 804. The number of nitrogens with zero attached hydrogens (tertiary/aromatic N) is 2. The van der Waals surface area contributed by atoms with Gasteiger partial charge in [0.15, 0.2) is 5.69 Å². The summed E-state index contributed by atoms with van der Waals surface area (Å²) in [6.07, 6.45) is 1.80. The molecule has 2 rings (SSSR count). The van der Waals surface area contributed by atoms with Crippen molar-refractivity contribution in [3.05, 3.63) is 20.8 Å². The Kier molecular flexibility index (Phi) is 6.09. The zero-order chi connectivity index (χ0) is 19.7. The second kappa shape index (κ2) is 7.62. The number of hydrogen-bond acceptors (Lipinski definition) is 5. The molecule has 1 aliphatic carbocycles. The molecule has 0 saturated heterocycles. The van der Waals surface area contributed by atoms with Crippen molar-refractivity contribution in [1.82, 2.24) is 9.55 Å². The second-order valence-electron chi connectivity index (χ2n) is 6.66. The molecule has 0 aliphatic heterocycles. The summed E-state index contributed by atoms with van der Waals surface area (Å²) in [7, 11) is 1.48. The third kappa shape index (κ3) is 3.63. The molecule has 0 radical (unpaired) electrons. The predicted molar refractivity (Wildman–Crippen MR) is 102 cm³/mol. The third-order valence-corrected chi connectivity index (χ3v) is 5.81. The number of alkyl halides is 2. The number of halogens is 2. The molecule has 1 amide bonds.